The molecule has 0 N–H and O–H groups in total. The molecule has 2 aliphatic rings. The minimum absolute atomic E-state index is 0.163. The number of benzene rings is 1. The molecule has 0 amide bonds. The fourth-order valence-electron chi connectivity index (χ4n) is 3.69. The lowest BCUT2D eigenvalue weighted by molar-refractivity contribution is 0.158. The van der Waals surface area contributed by atoms with E-state index in [1.807, 2.05) is 19.1 Å². The molecule has 1 aliphatic carbocycles. The van der Waals surface area contributed by atoms with Crippen molar-refractivity contribution in [2.24, 2.45) is 5.92 Å². The Morgan fingerprint density at radius 3 is 2.52 bits per heavy atom. The molecule has 0 radical (unpaired) electrons. The van der Waals surface area contributed by atoms with Gasteiger partial charge in [0.15, 0.2) is 0 Å². The number of hydrogen-bond acceptors (Lipinski definition) is 2. The summed E-state index contributed by atoms with van der Waals surface area (Å²) in [5.41, 5.74) is 2.13. The third-order valence-corrected chi connectivity index (χ3v) is 6.68. The summed E-state index contributed by atoms with van der Waals surface area (Å²) in [5.74, 6) is 0.459. The van der Waals surface area contributed by atoms with Gasteiger partial charge in [-0.25, -0.2) is 8.42 Å². The summed E-state index contributed by atoms with van der Waals surface area (Å²) < 4.78 is 27.7. The van der Waals surface area contributed by atoms with Crippen LogP contribution in [-0.2, 0) is 10.0 Å². The number of hydrogen-bond donors (Lipinski definition) is 0. The van der Waals surface area contributed by atoms with Crippen molar-refractivity contribution in [1.82, 2.24) is 4.31 Å². The van der Waals surface area contributed by atoms with Crippen molar-refractivity contribution in [2.45, 2.75) is 50.0 Å². The predicted octanol–water partition coefficient (Wildman–Crippen LogP) is 3.50. The van der Waals surface area contributed by atoms with Gasteiger partial charge in [-0.05, 0) is 44.2 Å². The van der Waals surface area contributed by atoms with Gasteiger partial charge in [0.1, 0.15) is 0 Å². The van der Waals surface area contributed by atoms with E-state index in [2.05, 4.69) is 6.58 Å². The Bertz CT molecular complexity index is 633. The number of rotatable bonds is 2. The number of fused-ring (bicyclic) bond motifs is 1. The fourth-order valence-corrected chi connectivity index (χ4v) is 5.42. The van der Waals surface area contributed by atoms with Gasteiger partial charge in [-0.1, -0.05) is 42.7 Å². The highest BCUT2D eigenvalue weighted by Crippen LogP contribution is 2.39. The summed E-state index contributed by atoms with van der Waals surface area (Å²) in [6.45, 7) is 6.52. The van der Waals surface area contributed by atoms with Gasteiger partial charge in [-0.3, -0.25) is 0 Å². The standard InChI is InChI=1S/C17H23NO2S/c1-13-7-9-16(10-8-13)21(19,20)18-12-14(2)11-15-5-3-4-6-17(15)18/h7-10,15,17H,2-6,11-12H2,1H3/t15-,17+/m0/s1. The van der Waals surface area contributed by atoms with E-state index < -0.39 is 10.0 Å². The van der Waals surface area contributed by atoms with E-state index in [-0.39, 0.29) is 6.04 Å². The highest BCUT2D eigenvalue weighted by atomic mass is 32.2. The topological polar surface area (TPSA) is 37.4 Å². The van der Waals surface area contributed by atoms with Crippen LogP contribution in [0.3, 0.4) is 0 Å². The first-order valence-corrected chi connectivity index (χ1v) is 9.17. The Hall–Kier alpha value is -1.13. The second kappa shape index (κ2) is 5.58. The fraction of sp³-hybridized carbons (Fsp3) is 0.529. The molecule has 114 valence electrons. The van der Waals surface area contributed by atoms with Crippen molar-refractivity contribution in [3.63, 3.8) is 0 Å². The summed E-state index contributed by atoms with van der Waals surface area (Å²) in [5, 5.41) is 0. The number of piperidine rings is 1. The molecule has 1 saturated carbocycles. The second-order valence-corrected chi connectivity index (χ2v) is 8.32. The van der Waals surface area contributed by atoms with E-state index in [0.717, 1.165) is 36.8 Å². The van der Waals surface area contributed by atoms with E-state index in [1.165, 1.54) is 6.42 Å². The van der Waals surface area contributed by atoms with Crippen LogP contribution in [0.5, 0.6) is 0 Å². The van der Waals surface area contributed by atoms with E-state index >= 15 is 0 Å². The monoisotopic (exact) mass is 305 g/mol. The molecular weight excluding hydrogens is 282 g/mol. The van der Waals surface area contributed by atoms with Crippen LogP contribution in [0, 0.1) is 12.8 Å². The molecule has 2 fully saturated rings. The van der Waals surface area contributed by atoms with E-state index in [1.54, 1.807) is 16.4 Å². The molecule has 1 aliphatic heterocycles. The lowest BCUT2D eigenvalue weighted by Gasteiger charge is -2.43. The maximum atomic E-state index is 13.0. The molecule has 21 heavy (non-hydrogen) atoms. The maximum absolute atomic E-state index is 13.0. The number of nitrogens with zero attached hydrogens (tertiary/aromatic N) is 1. The third-order valence-electron chi connectivity index (χ3n) is 4.80. The zero-order valence-corrected chi connectivity index (χ0v) is 13.4. The lowest BCUT2D eigenvalue weighted by atomic mass is 9.78. The van der Waals surface area contributed by atoms with Crippen molar-refractivity contribution in [3.8, 4) is 0 Å². The molecule has 0 spiro atoms. The maximum Gasteiger partial charge on any atom is 0.243 e. The van der Waals surface area contributed by atoms with Crippen LogP contribution in [0.4, 0.5) is 0 Å². The van der Waals surface area contributed by atoms with Gasteiger partial charge in [-0.15, -0.1) is 0 Å². The van der Waals surface area contributed by atoms with Crippen LogP contribution in [-0.4, -0.2) is 25.3 Å². The average Bonchev–Trinajstić information content (AvgIpc) is 2.46. The second-order valence-electron chi connectivity index (χ2n) is 6.43. The Morgan fingerprint density at radius 2 is 1.81 bits per heavy atom. The Labute approximate surface area is 127 Å². The van der Waals surface area contributed by atoms with Crippen molar-refractivity contribution >= 4 is 10.0 Å². The molecule has 4 heteroatoms. The van der Waals surface area contributed by atoms with E-state index in [0.29, 0.717) is 17.4 Å². The van der Waals surface area contributed by atoms with Crippen molar-refractivity contribution < 1.29 is 8.42 Å². The van der Waals surface area contributed by atoms with Gasteiger partial charge < -0.3 is 0 Å². The quantitative estimate of drug-likeness (QED) is 0.784. The van der Waals surface area contributed by atoms with Crippen LogP contribution in [0.1, 0.15) is 37.7 Å². The first-order chi connectivity index (χ1) is 9.98. The molecule has 3 rings (SSSR count). The summed E-state index contributed by atoms with van der Waals surface area (Å²) >= 11 is 0. The minimum Gasteiger partial charge on any atom is -0.207 e. The molecular formula is C17H23NO2S. The smallest absolute Gasteiger partial charge is 0.207 e. The van der Waals surface area contributed by atoms with Gasteiger partial charge in [0.25, 0.3) is 0 Å². The molecule has 1 aromatic carbocycles. The van der Waals surface area contributed by atoms with Crippen molar-refractivity contribution in [2.75, 3.05) is 6.54 Å². The molecule has 0 aromatic heterocycles. The number of aryl methyl sites for hydroxylation is 1. The normalized spacial score (nSPS) is 27.4. The van der Waals surface area contributed by atoms with Crippen LogP contribution in [0.25, 0.3) is 0 Å². The Balaban J connectivity index is 1.95. The van der Waals surface area contributed by atoms with Crippen LogP contribution in [0.2, 0.25) is 0 Å². The number of sulfonamides is 1. The Kier molecular flexibility index (Phi) is 3.93. The van der Waals surface area contributed by atoms with Gasteiger partial charge in [0.2, 0.25) is 10.0 Å². The first kappa shape index (κ1) is 14.8. The summed E-state index contributed by atoms with van der Waals surface area (Å²) in [6, 6.07) is 7.34. The molecule has 0 unspecified atom stereocenters. The van der Waals surface area contributed by atoms with Crippen LogP contribution < -0.4 is 0 Å². The summed E-state index contributed by atoms with van der Waals surface area (Å²) in [7, 11) is -3.41. The largest absolute Gasteiger partial charge is 0.243 e. The third kappa shape index (κ3) is 2.79. The van der Waals surface area contributed by atoms with Crippen LogP contribution in [0.15, 0.2) is 41.3 Å². The first-order valence-electron chi connectivity index (χ1n) is 7.73. The molecule has 3 nitrogen and oxygen atoms in total. The highest BCUT2D eigenvalue weighted by Gasteiger charge is 2.40. The van der Waals surface area contributed by atoms with Crippen molar-refractivity contribution in [1.29, 1.82) is 0 Å². The highest BCUT2D eigenvalue weighted by molar-refractivity contribution is 7.89. The van der Waals surface area contributed by atoms with E-state index in [4.69, 9.17) is 0 Å². The summed E-state index contributed by atoms with van der Waals surface area (Å²) in [4.78, 5) is 0.409. The van der Waals surface area contributed by atoms with Gasteiger partial charge >= 0.3 is 0 Å². The average molecular weight is 305 g/mol. The molecule has 1 saturated heterocycles. The van der Waals surface area contributed by atoms with Gasteiger partial charge in [-0.2, -0.15) is 4.31 Å². The lowest BCUT2D eigenvalue weighted by Crippen LogP contribution is -2.50. The van der Waals surface area contributed by atoms with E-state index in [9.17, 15) is 8.42 Å². The Morgan fingerprint density at radius 1 is 1.14 bits per heavy atom. The van der Waals surface area contributed by atoms with Crippen LogP contribution >= 0.6 is 0 Å². The SMILES string of the molecule is C=C1C[C@@H]2CCCC[C@H]2N(S(=O)(=O)c2ccc(C)cc2)C1. The summed E-state index contributed by atoms with van der Waals surface area (Å²) in [6.07, 6.45) is 5.46. The minimum atomic E-state index is -3.41. The van der Waals surface area contributed by atoms with Crippen molar-refractivity contribution in [3.05, 3.63) is 42.0 Å². The predicted molar refractivity (Wildman–Crippen MR) is 84.6 cm³/mol. The molecule has 1 heterocycles. The zero-order chi connectivity index (χ0) is 15.0. The zero-order valence-electron chi connectivity index (χ0n) is 12.6. The van der Waals surface area contributed by atoms with Gasteiger partial charge in [0, 0.05) is 12.6 Å². The molecule has 2 atom stereocenters. The van der Waals surface area contributed by atoms with Gasteiger partial charge in [0.05, 0.1) is 4.90 Å². The molecule has 0 bridgehead atoms. The molecule has 1 aromatic rings.